The second kappa shape index (κ2) is 50.1. The maximum absolute atomic E-state index is 12.9. The average Bonchev–Trinajstić information content (AvgIpc) is 3.37. The topological polar surface area (TPSA) is 237 Å². The molecule has 0 radical (unpaired) electrons. The first kappa shape index (κ1) is 74.1. The fourth-order valence-electron chi connectivity index (χ4n) is 8.29. The van der Waals surface area contributed by atoms with E-state index in [-0.39, 0.29) is 25.7 Å². The van der Waals surface area contributed by atoms with Gasteiger partial charge >= 0.3 is 39.5 Å². The molecule has 0 rings (SSSR count). The minimum absolute atomic E-state index is 0.103. The van der Waals surface area contributed by atoms with E-state index >= 15 is 0 Å². The molecule has 0 heterocycles. The van der Waals surface area contributed by atoms with E-state index in [2.05, 4.69) is 41.5 Å². The second-order valence-electron chi connectivity index (χ2n) is 21.6. The van der Waals surface area contributed by atoms with E-state index in [1.807, 2.05) is 0 Å². The zero-order valence-electron chi connectivity index (χ0n) is 48.5. The number of esters is 4. The molecule has 0 saturated carbocycles. The maximum Gasteiger partial charge on any atom is 0.472 e. The number of hydrogen-bond acceptors (Lipinski definition) is 15. The molecule has 0 aliphatic rings. The van der Waals surface area contributed by atoms with Gasteiger partial charge in [-0.25, -0.2) is 9.13 Å². The molecule has 5 atom stereocenters. The molecule has 19 heteroatoms. The molecule has 0 aromatic heterocycles. The second-order valence-corrected chi connectivity index (χ2v) is 24.5. The highest BCUT2D eigenvalue weighted by Crippen LogP contribution is 2.45. The number of phosphoric acid groups is 2. The number of rotatable bonds is 56. The van der Waals surface area contributed by atoms with Gasteiger partial charge in [0.25, 0.3) is 0 Å². The zero-order chi connectivity index (χ0) is 56.6. The maximum atomic E-state index is 12.9. The smallest absolute Gasteiger partial charge is 0.462 e. The lowest BCUT2D eigenvalue weighted by atomic mass is 10.0. The van der Waals surface area contributed by atoms with Crippen LogP contribution in [-0.2, 0) is 65.4 Å². The number of aliphatic hydroxyl groups is 1. The summed E-state index contributed by atoms with van der Waals surface area (Å²) in [6.45, 7) is 9.24. The van der Waals surface area contributed by atoms with Crippen molar-refractivity contribution < 1.29 is 80.2 Å². The van der Waals surface area contributed by atoms with Crippen LogP contribution < -0.4 is 0 Å². The highest BCUT2D eigenvalue weighted by atomic mass is 31.2. The largest absolute Gasteiger partial charge is 0.472 e. The van der Waals surface area contributed by atoms with Crippen LogP contribution in [-0.4, -0.2) is 96.7 Å². The Morgan fingerprint density at radius 3 is 0.895 bits per heavy atom. The Hall–Kier alpha value is -1.94. The van der Waals surface area contributed by atoms with E-state index < -0.39 is 97.5 Å². The van der Waals surface area contributed by atoms with E-state index in [4.69, 9.17) is 37.0 Å². The van der Waals surface area contributed by atoms with Crippen LogP contribution in [0.2, 0.25) is 0 Å². The molecule has 0 aromatic rings. The third-order valence-electron chi connectivity index (χ3n) is 13.0. The van der Waals surface area contributed by atoms with E-state index in [1.165, 1.54) is 77.0 Å². The SMILES string of the molecule is CCCCCCCCCCCCC(=O)O[C@H](COC(=O)CCCCCCC)COP(=O)(O)OC[C@H](O)COP(=O)(O)OC[C@@H](COC(=O)CCCCCCCCCC(C)C)OC(=O)CCCCCCCCCCC(C)C. The monoisotopic (exact) mass is 1130 g/mol. The van der Waals surface area contributed by atoms with Gasteiger partial charge in [-0.05, 0) is 37.5 Å². The Kier molecular flexibility index (Phi) is 48.8. The summed E-state index contributed by atoms with van der Waals surface area (Å²) in [4.78, 5) is 71.6. The molecule has 0 fully saturated rings. The molecule has 450 valence electrons. The number of aliphatic hydroxyl groups excluding tert-OH is 1. The molecule has 0 saturated heterocycles. The number of phosphoric ester groups is 2. The quantitative estimate of drug-likeness (QED) is 0.0222. The Balaban J connectivity index is 5.19. The Morgan fingerprint density at radius 2 is 0.605 bits per heavy atom. The standard InChI is InChI=1S/C57H110O17P2/c1-7-9-11-13-14-15-16-22-29-35-41-56(61)73-52(45-67-54(59)39-33-25-12-10-8-2)47-71-75(63,64)69-43-51(58)44-70-76(65,66)72-48-53(46-68-55(60)40-34-28-24-19-21-27-32-38-50(5)6)74-57(62)42-36-30-23-18-17-20-26-31-37-49(3)4/h49-53,58H,7-48H2,1-6H3,(H,63,64)(H,65,66)/t51-,52+,53+/m0/s1. The Labute approximate surface area is 460 Å². The first-order valence-electron chi connectivity index (χ1n) is 30.0. The van der Waals surface area contributed by atoms with E-state index in [0.717, 1.165) is 109 Å². The average molecular weight is 1130 g/mol. The van der Waals surface area contributed by atoms with Crippen molar-refractivity contribution >= 4 is 39.5 Å². The molecule has 17 nitrogen and oxygen atoms in total. The molecule has 2 unspecified atom stereocenters. The van der Waals surface area contributed by atoms with Crippen LogP contribution in [0.25, 0.3) is 0 Å². The molecular weight excluding hydrogens is 1020 g/mol. The zero-order valence-corrected chi connectivity index (χ0v) is 50.3. The van der Waals surface area contributed by atoms with Gasteiger partial charge < -0.3 is 33.8 Å². The van der Waals surface area contributed by atoms with Crippen LogP contribution in [0.1, 0.15) is 273 Å². The van der Waals surface area contributed by atoms with Gasteiger partial charge in [0.1, 0.15) is 19.3 Å². The van der Waals surface area contributed by atoms with Crippen LogP contribution >= 0.6 is 15.6 Å². The van der Waals surface area contributed by atoms with Crippen LogP contribution in [0.5, 0.6) is 0 Å². The van der Waals surface area contributed by atoms with Gasteiger partial charge in [-0.15, -0.1) is 0 Å². The highest BCUT2D eigenvalue weighted by molar-refractivity contribution is 7.47. The van der Waals surface area contributed by atoms with Crippen molar-refractivity contribution in [3.05, 3.63) is 0 Å². The van der Waals surface area contributed by atoms with Crippen LogP contribution in [0.3, 0.4) is 0 Å². The number of hydrogen-bond donors (Lipinski definition) is 3. The molecule has 0 aromatic carbocycles. The van der Waals surface area contributed by atoms with Crippen LogP contribution in [0.15, 0.2) is 0 Å². The molecule has 76 heavy (non-hydrogen) atoms. The number of unbranched alkanes of at least 4 members (excludes halogenated alkanes) is 26. The number of carbonyl (C=O) groups excluding carboxylic acids is 4. The first-order chi connectivity index (χ1) is 36.4. The minimum Gasteiger partial charge on any atom is -0.462 e. The predicted octanol–water partition coefficient (Wildman–Crippen LogP) is 14.9. The highest BCUT2D eigenvalue weighted by Gasteiger charge is 2.30. The summed E-state index contributed by atoms with van der Waals surface area (Å²) < 4.78 is 67.5. The molecule has 0 spiro atoms. The van der Waals surface area contributed by atoms with Crippen molar-refractivity contribution in [1.82, 2.24) is 0 Å². The summed E-state index contributed by atoms with van der Waals surface area (Å²) in [5.74, 6) is -0.734. The van der Waals surface area contributed by atoms with Gasteiger partial charge in [-0.2, -0.15) is 0 Å². The molecular formula is C57H110O17P2. The summed E-state index contributed by atoms with van der Waals surface area (Å²) in [6.07, 6.45) is 29.8. The van der Waals surface area contributed by atoms with Crippen molar-refractivity contribution in [3.63, 3.8) is 0 Å². The number of carbonyl (C=O) groups is 4. The van der Waals surface area contributed by atoms with Gasteiger partial charge in [-0.1, -0.05) is 221 Å². The third kappa shape index (κ3) is 51.5. The van der Waals surface area contributed by atoms with Gasteiger partial charge in [0.15, 0.2) is 12.2 Å². The summed E-state index contributed by atoms with van der Waals surface area (Å²) >= 11 is 0. The van der Waals surface area contributed by atoms with E-state index in [9.17, 15) is 43.2 Å². The lowest BCUT2D eigenvalue weighted by molar-refractivity contribution is -0.161. The summed E-state index contributed by atoms with van der Waals surface area (Å²) in [6, 6.07) is 0. The number of ether oxygens (including phenoxy) is 4. The van der Waals surface area contributed by atoms with Gasteiger partial charge in [0.05, 0.1) is 26.4 Å². The molecule has 0 amide bonds. The first-order valence-corrected chi connectivity index (χ1v) is 33.0. The Bertz CT molecular complexity index is 1510. The Morgan fingerprint density at radius 1 is 0.355 bits per heavy atom. The fraction of sp³-hybridized carbons (Fsp3) is 0.930. The normalized spacial score (nSPS) is 14.5. The van der Waals surface area contributed by atoms with Crippen molar-refractivity contribution in [3.8, 4) is 0 Å². The summed E-state index contributed by atoms with van der Waals surface area (Å²) in [5.41, 5.74) is 0. The van der Waals surface area contributed by atoms with E-state index in [0.29, 0.717) is 31.6 Å². The molecule has 0 aliphatic heterocycles. The fourth-order valence-corrected chi connectivity index (χ4v) is 9.87. The van der Waals surface area contributed by atoms with Crippen molar-refractivity contribution in [2.75, 3.05) is 39.6 Å². The van der Waals surface area contributed by atoms with Gasteiger partial charge in [-0.3, -0.25) is 37.3 Å². The molecule has 3 N–H and O–H groups in total. The van der Waals surface area contributed by atoms with Crippen LogP contribution in [0.4, 0.5) is 0 Å². The van der Waals surface area contributed by atoms with Crippen molar-refractivity contribution in [2.45, 2.75) is 291 Å². The van der Waals surface area contributed by atoms with Crippen molar-refractivity contribution in [1.29, 1.82) is 0 Å². The third-order valence-corrected chi connectivity index (χ3v) is 14.9. The predicted molar refractivity (Wildman–Crippen MR) is 298 cm³/mol. The lowest BCUT2D eigenvalue weighted by Gasteiger charge is -2.21. The lowest BCUT2D eigenvalue weighted by Crippen LogP contribution is -2.30. The van der Waals surface area contributed by atoms with Crippen molar-refractivity contribution in [2.24, 2.45) is 11.8 Å². The van der Waals surface area contributed by atoms with Gasteiger partial charge in [0, 0.05) is 25.7 Å². The van der Waals surface area contributed by atoms with E-state index in [1.54, 1.807) is 0 Å². The van der Waals surface area contributed by atoms with Crippen LogP contribution in [0, 0.1) is 11.8 Å². The molecule has 0 bridgehead atoms. The summed E-state index contributed by atoms with van der Waals surface area (Å²) in [7, 11) is -9.86. The van der Waals surface area contributed by atoms with Gasteiger partial charge in [0.2, 0.25) is 0 Å². The minimum atomic E-state index is -4.93. The summed E-state index contributed by atoms with van der Waals surface area (Å²) in [5, 5.41) is 10.5. The molecule has 0 aliphatic carbocycles.